The molecule has 0 aliphatic rings. The van der Waals surface area contributed by atoms with Crippen molar-refractivity contribution in [3.8, 4) is 0 Å². The highest BCUT2D eigenvalue weighted by molar-refractivity contribution is 7.99. The van der Waals surface area contributed by atoms with Gasteiger partial charge in [-0.15, -0.1) is 5.10 Å². The zero-order chi connectivity index (χ0) is 14.1. The third-order valence-electron chi connectivity index (χ3n) is 2.56. The molecule has 0 unspecified atom stereocenters. The first kappa shape index (κ1) is 16.4. The van der Waals surface area contributed by atoms with Crippen LogP contribution in [-0.4, -0.2) is 64.7 Å². The van der Waals surface area contributed by atoms with Gasteiger partial charge in [-0.2, -0.15) is 0 Å². The monoisotopic (exact) mass is 287 g/mol. The first-order valence-corrected chi connectivity index (χ1v) is 7.69. The van der Waals surface area contributed by atoms with Crippen molar-refractivity contribution in [2.24, 2.45) is 5.92 Å². The second-order valence-electron chi connectivity index (χ2n) is 5.13. The van der Waals surface area contributed by atoms with Crippen LogP contribution < -0.4 is 0 Å². The molecule has 0 spiro atoms. The van der Waals surface area contributed by atoms with Gasteiger partial charge < -0.3 is 9.64 Å². The van der Waals surface area contributed by atoms with Crippen LogP contribution in [-0.2, 0) is 11.3 Å². The quantitative estimate of drug-likeness (QED) is 0.479. The number of rotatable bonds is 10. The lowest BCUT2D eigenvalue weighted by Crippen LogP contribution is -2.19. The fourth-order valence-corrected chi connectivity index (χ4v) is 2.10. The fraction of sp³-hybridized carbons (Fsp3) is 0.917. The summed E-state index contributed by atoms with van der Waals surface area (Å²) in [7, 11) is 4.08. The van der Waals surface area contributed by atoms with E-state index in [4.69, 9.17) is 4.74 Å². The van der Waals surface area contributed by atoms with Crippen molar-refractivity contribution in [1.29, 1.82) is 0 Å². The number of nitrogens with zero attached hydrogens (tertiary/aromatic N) is 5. The minimum absolute atomic E-state index is 0.700. The highest BCUT2D eigenvalue weighted by atomic mass is 32.2. The van der Waals surface area contributed by atoms with Gasteiger partial charge in [0.25, 0.3) is 0 Å². The van der Waals surface area contributed by atoms with Gasteiger partial charge in [0.2, 0.25) is 5.16 Å². The number of hydrogen-bond acceptors (Lipinski definition) is 6. The summed E-state index contributed by atoms with van der Waals surface area (Å²) in [5.74, 6) is 1.59. The Hall–Kier alpha value is -0.660. The number of tetrazole rings is 1. The summed E-state index contributed by atoms with van der Waals surface area (Å²) < 4.78 is 7.42. The first-order chi connectivity index (χ1) is 9.09. The molecule has 0 atom stereocenters. The van der Waals surface area contributed by atoms with Crippen LogP contribution in [0.5, 0.6) is 0 Å². The van der Waals surface area contributed by atoms with Gasteiger partial charge in [-0.05, 0) is 36.9 Å². The molecule has 0 aliphatic heterocycles. The van der Waals surface area contributed by atoms with Crippen LogP contribution in [0.3, 0.4) is 0 Å². The van der Waals surface area contributed by atoms with Gasteiger partial charge in [-0.25, -0.2) is 4.68 Å². The topological polar surface area (TPSA) is 56.1 Å². The molecule has 0 aliphatic carbocycles. The Morgan fingerprint density at radius 2 is 2.11 bits per heavy atom. The Morgan fingerprint density at radius 1 is 1.32 bits per heavy atom. The van der Waals surface area contributed by atoms with E-state index in [9.17, 15) is 0 Å². The van der Waals surface area contributed by atoms with Crippen molar-refractivity contribution >= 4 is 11.8 Å². The highest BCUT2D eigenvalue weighted by Crippen LogP contribution is 2.13. The summed E-state index contributed by atoms with van der Waals surface area (Å²) in [6.45, 7) is 7.75. The van der Waals surface area contributed by atoms with Gasteiger partial charge in [0.05, 0.1) is 13.2 Å². The molecule has 1 aromatic rings. The van der Waals surface area contributed by atoms with Gasteiger partial charge in [0.1, 0.15) is 0 Å². The molecule has 7 heteroatoms. The largest absolute Gasteiger partial charge is 0.381 e. The van der Waals surface area contributed by atoms with E-state index in [0.717, 1.165) is 43.6 Å². The van der Waals surface area contributed by atoms with E-state index in [0.29, 0.717) is 5.92 Å². The second kappa shape index (κ2) is 9.28. The van der Waals surface area contributed by atoms with E-state index in [1.54, 1.807) is 11.8 Å². The molecular formula is C12H25N5OS. The van der Waals surface area contributed by atoms with E-state index in [2.05, 4.69) is 34.3 Å². The number of likely N-dealkylation sites (N-methyl/N-ethyl adjacent to an activating group) is 1. The van der Waals surface area contributed by atoms with Crippen molar-refractivity contribution in [2.45, 2.75) is 32.0 Å². The van der Waals surface area contributed by atoms with Crippen LogP contribution in [0.4, 0.5) is 0 Å². The second-order valence-corrected chi connectivity index (χ2v) is 6.19. The molecule has 1 rings (SSSR count). The van der Waals surface area contributed by atoms with Gasteiger partial charge in [0.15, 0.2) is 0 Å². The molecule has 0 fully saturated rings. The van der Waals surface area contributed by atoms with E-state index >= 15 is 0 Å². The lowest BCUT2D eigenvalue weighted by Gasteiger charge is -2.10. The average Bonchev–Trinajstić information content (AvgIpc) is 2.78. The minimum atomic E-state index is 0.700. The van der Waals surface area contributed by atoms with Crippen LogP contribution in [0.15, 0.2) is 5.16 Å². The van der Waals surface area contributed by atoms with Crippen LogP contribution in [0.25, 0.3) is 0 Å². The highest BCUT2D eigenvalue weighted by Gasteiger charge is 2.06. The molecule has 0 N–H and O–H groups in total. The molecule has 0 saturated carbocycles. The Kier molecular flexibility index (Phi) is 8.00. The molecule has 1 aromatic heterocycles. The molecule has 110 valence electrons. The van der Waals surface area contributed by atoms with Crippen LogP contribution in [0, 0.1) is 5.92 Å². The molecule has 0 radical (unpaired) electrons. The smallest absolute Gasteiger partial charge is 0.209 e. The van der Waals surface area contributed by atoms with Crippen molar-refractivity contribution in [3.05, 3.63) is 0 Å². The third-order valence-corrected chi connectivity index (χ3v) is 3.48. The molecule has 0 aromatic carbocycles. The van der Waals surface area contributed by atoms with Crippen molar-refractivity contribution in [1.82, 2.24) is 25.1 Å². The van der Waals surface area contributed by atoms with Crippen LogP contribution in [0.1, 0.15) is 20.3 Å². The molecule has 19 heavy (non-hydrogen) atoms. The van der Waals surface area contributed by atoms with E-state index < -0.39 is 0 Å². The molecular weight excluding hydrogens is 262 g/mol. The third kappa shape index (κ3) is 7.49. The minimum Gasteiger partial charge on any atom is -0.381 e. The van der Waals surface area contributed by atoms with Crippen molar-refractivity contribution in [3.63, 3.8) is 0 Å². The van der Waals surface area contributed by atoms with E-state index in [1.807, 2.05) is 18.8 Å². The number of hydrogen-bond donors (Lipinski definition) is 0. The summed E-state index contributed by atoms with van der Waals surface area (Å²) in [4.78, 5) is 2.12. The molecule has 6 nitrogen and oxygen atoms in total. The predicted octanol–water partition coefficient (Wildman–Crippen LogP) is 1.39. The standard InChI is InChI=1S/C12H25N5OS/c1-11(2)5-8-18-9-10-19-12-13-14-15-17(12)7-6-16(3)4/h11H,5-10H2,1-4H3. The number of ether oxygens (including phenoxy) is 1. The Labute approximate surface area is 119 Å². The maximum absolute atomic E-state index is 5.57. The van der Waals surface area contributed by atoms with E-state index in [1.165, 1.54) is 0 Å². The number of aromatic nitrogens is 4. The van der Waals surface area contributed by atoms with Crippen molar-refractivity contribution < 1.29 is 4.74 Å². The lowest BCUT2D eigenvalue weighted by molar-refractivity contribution is 0.138. The first-order valence-electron chi connectivity index (χ1n) is 6.71. The predicted molar refractivity (Wildman–Crippen MR) is 77.4 cm³/mol. The van der Waals surface area contributed by atoms with E-state index in [-0.39, 0.29) is 0 Å². The summed E-state index contributed by atoms with van der Waals surface area (Å²) in [5, 5.41) is 12.6. The summed E-state index contributed by atoms with van der Waals surface area (Å²) in [6.07, 6.45) is 1.12. The molecule has 1 heterocycles. The normalized spacial score (nSPS) is 11.7. The van der Waals surface area contributed by atoms with Crippen LogP contribution >= 0.6 is 11.8 Å². The Bertz CT molecular complexity index is 343. The maximum atomic E-state index is 5.57. The lowest BCUT2D eigenvalue weighted by atomic mass is 10.1. The molecule has 0 bridgehead atoms. The van der Waals surface area contributed by atoms with Crippen LogP contribution in [0.2, 0.25) is 0 Å². The van der Waals surface area contributed by atoms with Gasteiger partial charge in [-0.3, -0.25) is 0 Å². The van der Waals surface area contributed by atoms with Gasteiger partial charge >= 0.3 is 0 Å². The maximum Gasteiger partial charge on any atom is 0.209 e. The SMILES string of the molecule is CC(C)CCOCCSc1nnnn1CCN(C)C. The average molecular weight is 287 g/mol. The Morgan fingerprint density at radius 3 is 2.79 bits per heavy atom. The van der Waals surface area contributed by atoms with Gasteiger partial charge in [-0.1, -0.05) is 25.6 Å². The number of thioether (sulfide) groups is 1. The Balaban J connectivity index is 2.17. The molecule has 0 amide bonds. The summed E-state index contributed by atoms with van der Waals surface area (Å²) in [5.41, 5.74) is 0. The van der Waals surface area contributed by atoms with Crippen molar-refractivity contribution in [2.75, 3.05) is 39.6 Å². The van der Waals surface area contributed by atoms with Gasteiger partial charge in [0, 0.05) is 18.9 Å². The summed E-state index contributed by atoms with van der Waals surface area (Å²) >= 11 is 1.65. The zero-order valence-electron chi connectivity index (χ0n) is 12.4. The molecule has 0 saturated heterocycles. The zero-order valence-corrected chi connectivity index (χ0v) is 13.2. The fourth-order valence-electron chi connectivity index (χ4n) is 1.35. The summed E-state index contributed by atoms with van der Waals surface area (Å²) in [6, 6.07) is 0.